The Morgan fingerprint density at radius 1 is 1.10 bits per heavy atom. The summed E-state index contributed by atoms with van der Waals surface area (Å²) in [6.07, 6.45) is 3.04. The van der Waals surface area contributed by atoms with Crippen molar-refractivity contribution in [2.24, 2.45) is 4.99 Å². The fourth-order valence-corrected chi connectivity index (χ4v) is 3.51. The molecule has 0 spiro atoms. The summed E-state index contributed by atoms with van der Waals surface area (Å²) >= 11 is 0. The average molecular weight is 422 g/mol. The summed E-state index contributed by atoms with van der Waals surface area (Å²) in [4.78, 5) is 9.75. The Kier molecular flexibility index (Phi) is 11.6. The fourth-order valence-electron chi connectivity index (χ4n) is 3.51. The second-order valence-corrected chi connectivity index (χ2v) is 7.73. The third kappa shape index (κ3) is 9.30. The Bertz CT molecular complexity index is 619. The van der Waals surface area contributed by atoms with Crippen molar-refractivity contribution >= 4 is 5.96 Å². The Balaban J connectivity index is 1.68. The monoisotopic (exact) mass is 421 g/mol. The molecule has 170 valence electrons. The zero-order valence-electron chi connectivity index (χ0n) is 19.0. The van der Waals surface area contributed by atoms with Crippen molar-refractivity contribution in [1.29, 1.82) is 0 Å². The SMILES string of the molecule is CCNC(=NCC(CC)Oc1cccc(F)c1)NCCCCN1CCN(CC)CC1. The first kappa shape index (κ1) is 24.4. The molecule has 1 unspecified atom stereocenters. The van der Waals surface area contributed by atoms with E-state index >= 15 is 0 Å². The third-order valence-electron chi connectivity index (χ3n) is 5.46. The number of hydrogen-bond acceptors (Lipinski definition) is 4. The number of aliphatic imine (C=N–C) groups is 1. The summed E-state index contributed by atoms with van der Waals surface area (Å²) in [6, 6.07) is 6.28. The highest BCUT2D eigenvalue weighted by molar-refractivity contribution is 5.79. The van der Waals surface area contributed by atoms with Gasteiger partial charge in [0.2, 0.25) is 0 Å². The molecule has 1 aromatic carbocycles. The molecule has 2 N–H and O–H groups in total. The lowest BCUT2D eigenvalue weighted by molar-refractivity contribution is 0.136. The van der Waals surface area contributed by atoms with E-state index in [1.807, 2.05) is 0 Å². The highest BCUT2D eigenvalue weighted by Crippen LogP contribution is 2.15. The number of hydrogen-bond donors (Lipinski definition) is 2. The van der Waals surface area contributed by atoms with Gasteiger partial charge >= 0.3 is 0 Å². The molecule has 0 bridgehead atoms. The number of piperazine rings is 1. The van der Waals surface area contributed by atoms with Crippen molar-refractivity contribution in [2.45, 2.75) is 46.1 Å². The van der Waals surface area contributed by atoms with Gasteiger partial charge in [-0.15, -0.1) is 0 Å². The molecule has 1 saturated heterocycles. The van der Waals surface area contributed by atoms with E-state index < -0.39 is 0 Å². The lowest BCUT2D eigenvalue weighted by atomic mass is 10.2. The minimum Gasteiger partial charge on any atom is -0.488 e. The molecule has 1 heterocycles. The molecule has 1 fully saturated rings. The van der Waals surface area contributed by atoms with Crippen LogP contribution in [0.3, 0.4) is 0 Å². The van der Waals surface area contributed by atoms with Gasteiger partial charge in [0, 0.05) is 45.3 Å². The van der Waals surface area contributed by atoms with E-state index in [2.05, 4.69) is 46.2 Å². The van der Waals surface area contributed by atoms with Crippen LogP contribution in [0.4, 0.5) is 4.39 Å². The lowest BCUT2D eigenvalue weighted by Gasteiger charge is -2.34. The maximum Gasteiger partial charge on any atom is 0.191 e. The van der Waals surface area contributed by atoms with E-state index in [-0.39, 0.29) is 11.9 Å². The molecule has 1 aliphatic rings. The Morgan fingerprint density at radius 2 is 1.87 bits per heavy atom. The van der Waals surface area contributed by atoms with Crippen molar-refractivity contribution in [3.63, 3.8) is 0 Å². The van der Waals surface area contributed by atoms with Crippen LogP contribution in [-0.4, -0.2) is 80.8 Å². The Morgan fingerprint density at radius 3 is 2.53 bits per heavy atom. The van der Waals surface area contributed by atoms with Crippen LogP contribution in [0.5, 0.6) is 5.75 Å². The van der Waals surface area contributed by atoms with Gasteiger partial charge in [-0.25, -0.2) is 9.38 Å². The highest BCUT2D eigenvalue weighted by Gasteiger charge is 2.14. The van der Waals surface area contributed by atoms with Gasteiger partial charge in [-0.3, -0.25) is 0 Å². The van der Waals surface area contributed by atoms with Gasteiger partial charge in [0.1, 0.15) is 17.7 Å². The first-order chi connectivity index (χ1) is 14.6. The fraction of sp³-hybridized carbons (Fsp3) is 0.696. The standard InChI is InChI=1S/C23H40FN5O/c1-4-21(30-22-11-9-10-20(24)18-22)19-27-23(25-5-2)26-12-7-8-13-29-16-14-28(6-3)15-17-29/h9-11,18,21H,4-8,12-17,19H2,1-3H3,(H2,25,26,27). The average Bonchev–Trinajstić information content (AvgIpc) is 2.76. The number of likely N-dealkylation sites (N-methyl/N-ethyl adjacent to an activating group) is 1. The van der Waals surface area contributed by atoms with Gasteiger partial charge < -0.3 is 25.2 Å². The normalized spacial score (nSPS) is 17.0. The highest BCUT2D eigenvalue weighted by atomic mass is 19.1. The van der Waals surface area contributed by atoms with Crippen molar-refractivity contribution in [1.82, 2.24) is 20.4 Å². The summed E-state index contributed by atoms with van der Waals surface area (Å²) in [7, 11) is 0. The summed E-state index contributed by atoms with van der Waals surface area (Å²) in [6.45, 7) is 15.7. The zero-order chi connectivity index (χ0) is 21.6. The van der Waals surface area contributed by atoms with Crippen LogP contribution in [0, 0.1) is 5.82 Å². The molecule has 0 saturated carbocycles. The lowest BCUT2D eigenvalue weighted by Crippen LogP contribution is -2.46. The number of unbranched alkanes of at least 4 members (excludes halogenated alkanes) is 1. The first-order valence-corrected chi connectivity index (χ1v) is 11.5. The van der Waals surface area contributed by atoms with Crippen molar-refractivity contribution < 1.29 is 9.13 Å². The summed E-state index contributed by atoms with van der Waals surface area (Å²) < 4.78 is 19.2. The van der Waals surface area contributed by atoms with Crippen LogP contribution < -0.4 is 15.4 Å². The van der Waals surface area contributed by atoms with Crippen LogP contribution in [0.2, 0.25) is 0 Å². The minimum atomic E-state index is -0.284. The van der Waals surface area contributed by atoms with Gasteiger partial charge in [-0.05, 0) is 51.4 Å². The first-order valence-electron chi connectivity index (χ1n) is 11.5. The van der Waals surface area contributed by atoms with Gasteiger partial charge in [-0.1, -0.05) is 19.9 Å². The van der Waals surface area contributed by atoms with Gasteiger partial charge in [0.05, 0.1) is 6.54 Å². The molecule has 0 radical (unpaired) electrons. The van der Waals surface area contributed by atoms with Crippen molar-refractivity contribution in [3.8, 4) is 5.75 Å². The molecule has 30 heavy (non-hydrogen) atoms. The molecule has 2 rings (SSSR count). The third-order valence-corrected chi connectivity index (χ3v) is 5.46. The predicted octanol–water partition coefficient (Wildman–Crippen LogP) is 2.96. The van der Waals surface area contributed by atoms with Crippen LogP contribution in [0.15, 0.2) is 29.3 Å². The number of nitrogens with zero attached hydrogens (tertiary/aromatic N) is 3. The number of ether oxygens (including phenoxy) is 1. The maximum absolute atomic E-state index is 13.4. The number of guanidine groups is 1. The van der Waals surface area contributed by atoms with E-state index in [0.29, 0.717) is 12.3 Å². The molecule has 7 heteroatoms. The molecule has 1 aliphatic heterocycles. The van der Waals surface area contributed by atoms with Gasteiger partial charge in [-0.2, -0.15) is 0 Å². The Labute approximate surface area is 181 Å². The second kappa shape index (κ2) is 14.2. The number of halogens is 1. The number of nitrogens with one attached hydrogen (secondary N) is 2. The summed E-state index contributed by atoms with van der Waals surface area (Å²) in [5.41, 5.74) is 0. The van der Waals surface area contributed by atoms with Crippen LogP contribution in [0.1, 0.15) is 40.0 Å². The van der Waals surface area contributed by atoms with E-state index in [4.69, 9.17) is 4.74 Å². The molecule has 1 aromatic rings. The predicted molar refractivity (Wildman–Crippen MR) is 123 cm³/mol. The maximum atomic E-state index is 13.4. The van der Waals surface area contributed by atoms with Gasteiger partial charge in [0.25, 0.3) is 0 Å². The van der Waals surface area contributed by atoms with Gasteiger partial charge in [0.15, 0.2) is 5.96 Å². The summed E-state index contributed by atoms with van der Waals surface area (Å²) in [5.74, 6) is 1.08. The van der Waals surface area contributed by atoms with Crippen LogP contribution >= 0.6 is 0 Å². The molecule has 0 aromatic heterocycles. The molecule has 6 nitrogen and oxygen atoms in total. The van der Waals surface area contributed by atoms with E-state index in [1.165, 1.54) is 51.3 Å². The second-order valence-electron chi connectivity index (χ2n) is 7.73. The van der Waals surface area contributed by atoms with Crippen molar-refractivity contribution in [2.75, 3.05) is 58.9 Å². The number of rotatable bonds is 12. The largest absolute Gasteiger partial charge is 0.488 e. The molecule has 0 amide bonds. The topological polar surface area (TPSA) is 52.1 Å². The molecule has 0 aliphatic carbocycles. The smallest absolute Gasteiger partial charge is 0.191 e. The number of benzene rings is 1. The molecular weight excluding hydrogens is 381 g/mol. The molecular formula is C23H40FN5O. The Hall–Kier alpha value is -1.86. The van der Waals surface area contributed by atoms with E-state index in [1.54, 1.807) is 12.1 Å². The summed E-state index contributed by atoms with van der Waals surface area (Å²) in [5, 5.41) is 6.72. The quantitative estimate of drug-likeness (QED) is 0.309. The molecule has 1 atom stereocenters. The van der Waals surface area contributed by atoms with Crippen molar-refractivity contribution in [3.05, 3.63) is 30.1 Å². The van der Waals surface area contributed by atoms with E-state index in [9.17, 15) is 4.39 Å². The minimum absolute atomic E-state index is 0.0796. The van der Waals surface area contributed by atoms with E-state index in [0.717, 1.165) is 38.4 Å². The van der Waals surface area contributed by atoms with Crippen LogP contribution in [-0.2, 0) is 0 Å². The van der Waals surface area contributed by atoms with Crippen LogP contribution in [0.25, 0.3) is 0 Å². The zero-order valence-corrected chi connectivity index (χ0v) is 19.0.